The summed E-state index contributed by atoms with van der Waals surface area (Å²) in [4.78, 5) is 20.9. The van der Waals surface area contributed by atoms with E-state index in [2.05, 4.69) is 22.0 Å². The van der Waals surface area contributed by atoms with Crippen LogP contribution in [-0.2, 0) is 12.8 Å². The third kappa shape index (κ3) is 4.85. The summed E-state index contributed by atoms with van der Waals surface area (Å²) >= 11 is 0. The van der Waals surface area contributed by atoms with E-state index >= 15 is 0 Å². The number of hydrogen-bond donors (Lipinski definition) is 0. The minimum absolute atomic E-state index is 0.0706. The number of allylic oxidation sites excluding steroid dienone is 1. The average molecular weight is 392 g/mol. The molecule has 29 heavy (non-hydrogen) atoms. The first kappa shape index (κ1) is 19.6. The van der Waals surface area contributed by atoms with Gasteiger partial charge in [0.15, 0.2) is 5.78 Å². The van der Waals surface area contributed by atoms with Gasteiger partial charge in [-0.05, 0) is 55.0 Å². The fourth-order valence-electron chi connectivity index (χ4n) is 3.92. The van der Waals surface area contributed by atoms with Crippen molar-refractivity contribution in [2.75, 3.05) is 27.2 Å². The van der Waals surface area contributed by atoms with Crippen molar-refractivity contribution < 1.29 is 9.53 Å². The summed E-state index contributed by atoms with van der Waals surface area (Å²) in [6.07, 6.45) is 11.1. The maximum Gasteiger partial charge on any atom is 0.219 e. The molecule has 152 valence electrons. The summed E-state index contributed by atoms with van der Waals surface area (Å²) in [5.74, 6) is 1.24. The van der Waals surface area contributed by atoms with Crippen LogP contribution < -0.4 is 4.74 Å². The van der Waals surface area contributed by atoms with Gasteiger partial charge in [-0.2, -0.15) is 0 Å². The molecule has 5 nitrogen and oxygen atoms in total. The highest BCUT2D eigenvalue weighted by Crippen LogP contribution is 2.29. The van der Waals surface area contributed by atoms with Gasteiger partial charge >= 0.3 is 0 Å². The van der Waals surface area contributed by atoms with Gasteiger partial charge in [-0.3, -0.25) is 9.69 Å². The van der Waals surface area contributed by atoms with E-state index in [1.807, 2.05) is 25.1 Å². The Hall–Kier alpha value is -2.66. The molecule has 5 heteroatoms. The molecule has 2 aliphatic rings. The van der Waals surface area contributed by atoms with Gasteiger partial charge in [0.25, 0.3) is 0 Å². The maximum atomic E-state index is 12.1. The normalized spacial score (nSPS) is 17.4. The minimum atomic E-state index is -0.0706. The molecule has 0 radical (unpaired) electrons. The van der Waals surface area contributed by atoms with E-state index in [0.717, 1.165) is 37.7 Å². The molecule has 1 aromatic heterocycles. The fraction of sp³-hybridized carbons (Fsp3) is 0.417. The Bertz CT molecular complexity index is 885. The fourth-order valence-corrected chi connectivity index (χ4v) is 3.92. The van der Waals surface area contributed by atoms with Crippen molar-refractivity contribution in [2.45, 2.75) is 38.1 Å². The van der Waals surface area contributed by atoms with Crippen LogP contribution >= 0.6 is 0 Å². The summed E-state index contributed by atoms with van der Waals surface area (Å²) in [5.41, 5.74) is 3.36. The number of pyridine rings is 1. The third-order valence-corrected chi connectivity index (χ3v) is 5.87. The van der Waals surface area contributed by atoms with Crippen LogP contribution in [0.15, 0.2) is 48.8 Å². The zero-order valence-electron chi connectivity index (χ0n) is 17.3. The van der Waals surface area contributed by atoms with Crippen molar-refractivity contribution in [3.05, 3.63) is 65.5 Å². The van der Waals surface area contributed by atoms with E-state index in [1.165, 1.54) is 36.5 Å². The molecule has 0 amide bonds. The molecule has 1 aliphatic carbocycles. The molecule has 2 aromatic rings. The number of carbonyl (C=O) groups is 1. The van der Waals surface area contributed by atoms with Gasteiger partial charge in [0.2, 0.25) is 5.88 Å². The highest BCUT2D eigenvalue weighted by molar-refractivity contribution is 6.04. The van der Waals surface area contributed by atoms with Gasteiger partial charge in [0.1, 0.15) is 5.75 Å². The zero-order chi connectivity index (χ0) is 20.2. The van der Waals surface area contributed by atoms with Gasteiger partial charge in [-0.15, -0.1) is 0 Å². The molecule has 0 unspecified atom stereocenters. The van der Waals surface area contributed by atoms with Crippen molar-refractivity contribution >= 4 is 5.78 Å². The number of nitrogens with zero attached hydrogens (tertiary/aromatic N) is 3. The Balaban J connectivity index is 1.40. The topological polar surface area (TPSA) is 45.7 Å². The highest BCUT2D eigenvalue weighted by atomic mass is 16.5. The van der Waals surface area contributed by atoms with E-state index < -0.39 is 0 Å². The predicted molar refractivity (Wildman–Crippen MR) is 115 cm³/mol. The summed E-state index contributed by atoms with van der Waals surface area (Å²) in [7, 11) is 3.76. The van der Waals surface area contributed by atoms with Crippen molar-refractivity contribution in [2.24, 2.45) is 0 Å². The Morgan fingerprint density at radius 2 is 1.93 bits per heavy atom. The monoisotopic (exact) mass is 391 g/mol. The highest BCUT2D eigenvalue weighted by Gasteiger charge is 2.26. The van der Waals surface area contributed by atoms with Crippen LogP contribution in [0.5, 0.6) is 11.6 Å². The number of hydrogen-bond acceptors (Lipinski definition) is 5. The lowest BCUT2D eigenvalue weighted by Gasteiger charge is -2.36. The second kappa shape index (κ2) is 8.78. The second-order valence-electron chi connectivity index (χ2n) is 8.18. The molecular weight excluding hydrogens is 362 g/mol. The largest absolute Gasteiger partial charge is 0.439 e. The second-order valence-corrected chi connectivity index (χ2v) is 8.18. The molecule has 0 spiro atoms. The molecule has 0 bridgehead atoms. The third-order valence-electron chi connectivity index (χ3n) is 5.87. The molecule has 1 aromatic carbocycles. The van der Waals surface area contributed by atoms with Crippen molar-refractivity contribution in [1.82, 2.24) is 14.8 Å². The van der Waals surface area contributed by atoms with Crippen LogP contribution in [0.2, 0.25) is 0 Å². The molecule has 1 fully saturated rings. The number of ether oxygens (including phenoxy) is 1. The lowest BCUT2D eigenvalue weighted by molar-refractivity contribution is 0.104. The maximum absolute atomic E-state index is 12.1. The van der Waals surface area contributed by atoms with E-state index in [1.54, 1.807) is 24.5 Å². The van der Waals surface area contributed by atoms with Gasteiger partial charge in [-0.1, -0.05) is 12.5 Å². The van der Waals surface area contributed by atoms with Crippen molar-refractivity contribution in [1.29, 1.82) is 0 Å². The Morgan fingerprint density at radius 3 is 2.59 bits per heavy atom. The minimum Gasteiger partial charge on any atom is -0.439 e. The first-order valence-corrected chi connectivity index (χ1v) is 10.5. The lowest BCUT2D eigenvalue weighted by Crippen LogP contribution is -2.41. The SMILES string of the molecule is CN(C)/C=C/C(=O)c1ccc(Oc2ccc3c(c2)CCN(C2CCC2)CC3)nc1. The number of ketones is 1. The van der Waals surface area contributed by atoms with E-state index in [0.29, 0.717) is 11.4 Å². The summed E-state index contributed by atoms with van der Waals surface area (Å²) in [6, 6.07) is 10.7. The van der Waals surface area contributed by atoms with Gasteiger partial charge in [0, 0.05) is 63.3 Å². The number of benzene rings is 1. The van der Waals surface area contributed by atoms with Crippen molar-refractivity contribution in [3.8, 4) is 11.6 Å². The molecule has 1 aliphatic heterocycles. The number of fused-ring (bicyclic) bond motifs is 1. The van der Waals surface area contributed by atoms with Gasteiger partial charge < -0.3 is 9.64 Å². The van der Waals surface area contributed by atoms with E-state index in [9.17, 15) is 4.79 Å². The van der Waals surface area contributed by atoms with Crippen LogP contribution in [-0.4, -0.2) is 53.8 Å². The number of carbonyl (C=O) groups excluding carboxylic acids is 1. The zero-order valence-corrected chi connectivity index (χ0v) is 17.3. The Morgan fingerprint density at radius 1 is 1.14 bits per heavy atom. The number of rotatable bonds is 6. The molecule has 0 saturated heterocycles. The van der Waals surface area contributed by atoms with E-state index in [-0.39, 0.29) is 5.78 Å². The average Bonchev–Trinajstić information content (AvgIpc) is 2.88. The molecule has 4 rings (SSSR count). The van der Waals surface area contributed by atoms with Crippen LogP contribution in [0.3, 0.4) is 0 Å². The molecule has 0 N–H and O–H groups in total. The Kier molecular flexibility index (Phi) is 5.95. The predicted octanol–water partition coefficient (Wildman–Crippen LogP) is 4.09. The van der Waals surface area contributed by atoms with Crippen LogP contribution in [0, 0.1) is 0 Å². The lowest BCUT2D eigenvalue weighted by atomic mass is 9.91. The molecular formula is C24H29N3O2. The van der Waals surface area contributed by atoms with Gasteiger partial charge in [-0.25, -0.2) is 4.98 Å². The molecule has 0 atom stereocenters. The standard InChI is InChI=1S/C24H29N3O2/c1-26(2)13-12-23(28)20-7-9-24(25-17-20)29-22-8-6-18-10-14-27(21-4-3-5-21)15-11-19(18)16-22/h6-9,12-13,16-17,21H,3-5,10-11,14-15H2,1-2H3/b13-12+. The van der Waals surface area contributed by atoms with Crippen LogP contribution in [0.1, 0.15) is 40.7 Å². The van der Waals surface area contributed by atoms with Crippen molar-refractivity contribution in [3.63, 3.8) is 0 Å². The van der Waals surface area contributed by atoms with E-state index in [4.69, 9.17) is 4.74 Å². The molecule has 1 saturated carbocycles. The summed E-state index contributed by atoms with van der Waals surface area (Å²) < 4.78 is 5.96. The van der Waals surface area contributed by atoms with Crippen LogP contribution in [0.4, 0.5) is 0 Å². The first-order chi connectivity index (χ1) is 14.1. The quantitative estimate of drug-likeness (QED) is 0.548. The number of aromatic nitrogens is 1. The molecule has 2 heterocycles. The Labute approximate surface area is 173 Å². The summed E-state index contributed by atoms with van der Waals surface area (Å²) in [5, 5.41) is 0. The van der Waals surface area contributed by atoms with Gasteiger partial charge in [0.05, 0.1) is 0 Å². The summed E-state index contributed by atoms with van der Waals surface area (Å²) in [6.45, 7) is 2.30. The smallest absolute Gasteiger partial charge is 0.219 e. The first-order valence-electron chi connectivity index (χ1n) is 10.5. The van der Waals surface area contributed by atoms with Crippen LogP contribution in [0.25, 0.3) is 0 Å².